The Balaban J connectivity index is 2.38. The molecule has 17 nitrogen and oxygen atoms in total. The first-order valence-electron chi connectivity index (χ1n) is 8.59. The summed E-state index contributed by atoms with van der Waals surface area (Å²) in [5, 5.41) is 43.3. The molecule has 0 amide bonds. The SMILES string of the molecule is [N-]=[N+]=NC[C@H]1O[C@H](O[C@H]2[C@H](O)[C@@H](O)[C@H](N=[N+]=[N-])C[C@@H]2N=[N+]=[N-])[C@H](N=[N+]=[N-])[C@@H](O)C1(F)F. The van der Waals surface area contributed by atoms with Gasteiger partial charge in [-0.05, 0) is 28.5 Å². The van der Waals surface area contributed by atoms with Crippen LogP contribution in [0.5, 0.6) is 0 Å². The Morgan fingerprint density at radius 3 is 2.13 bits per heavy atom. The van der Waals surface area contributed by atoms with Crippen molar-refractivity contribution in [3.8, 4) is 0 Å². The van der Waals surface area contributed by atoms with E-state index in [9.17, 15) is 24.1 Å². The number of nitrogens with zero attached hydrogens (tertiary/aromatic N) is 12. The van der Waals surface area contributed by atoms with Crippen LogP contribution in [0.15, 0.2) is 20.5 Å². The van der Waals surface area contributed by atoms with Crippen LogP contribution in [-0.2, 0) is 9.47 Å². The van der Waals surface area contributed by atoms with Gasteiger partial charge in [-0.15, -0.1) is 0 Å². The normalized spacial score (nSPS) is 39.1. The first-order valence-corrected chi connectivity index (χ1v) is 8.59. The summed E-state index contributed by atoms with van der Waals surface area (Å²) in [4.78, 5) is 9.81. The molecule has 2 fully saturated rings. The fraction of sp³-hybridized carbons (Fsp3) is 1.00. The van der Waals surface area contributed by atoms with Crippen LogP contribution in [0.4, 0.5) is 8.78 Å². The summed E-state index contributed by atoms with van der Waals surface area (Å²) in [6, 6.07) is -4.47. The highest BCUT2D eigenvalue weighted by Gasteiger charge is 2.59. The van der Waals surface area contributed by atoms with Crippen molar-refractivity contribution < 1.29 is 33.6 Å². The molecule has 1 heterocycles. The average Bonchev–Trinajstić information content (AvgIpc) is 2.73. The van der Waals surface area contributed by atoms with Gasteiger partial charge in [-0.1, -0.05) is 20.5 Å². The van der Waals surface area contributed by atoms with Crippen molar-refractivity contribution in [3.05, 3.63) is 41.8 Å². The minimum absolute atomic E-state index is 0.281. The number of aliphatic hydroxyl groups is 3. The average molecular weight is 446 g/mol. The maximum absolute atomic E-state index is 14.4. The molecule has 1 saturated heterocycles. The summed E-state index contributed by atoms with van der Waals surface area (Å²) in [6.45, 7) is -0.919. The molecule has 9 atom stereocenters. The van der Waals surface area contributed by atoms with Gasteiger partial charge >= 0.3 is 0 Å². The molecule has 31 heavy (non-hydrogen) atoms. The summed E-state index contributed by atoms with van der Waals surface area (Å²) >= 11 is 0. The van der Waals surface area contributed by atoms with Crippen molar-refractivity contribution in [3.63, 3.8) is 0 Å². The molecule has 168 valence electrons. The molecule has 0 aromatic rings. The molecule has 0 aromatic carbocycles. The Kier molecular flexibility index (Phi) is 8.01. The predicted molar refractivity (Wildman–Crippen MR) is 93.9 cm³/mol. The second kappa shape index (κ2) is 10.3. The van der Waals surface area contributed by atoms with Crippen molar-refractivity contribution in [1.82, 2.24) is 0 Å². The van der Waals surface area contributed by atoms with E-state index >= 15 is 0 Å². The molecule has 3 N–H and O–H groups in total. The largest absolute Gasteiger partial charge is 0.390 e. The number of aliphatic hydroxyl groups excluding tert-OH is 3. The zero-order valence-electron chi connectivity index (χ0n) is 15.4. The summed E-state index contributed by atoms with van der Waals surface area (Å²) in [5.74, 6) is -4.01. The van der Waals surface area contributed by atoms with Crippen LogP contribution >= 0.6 is 0 Å². The second-order valence-corrected chi connectivity index (χ2v) is 6.58. The van der Waals surface area contributed by atoms with E-state index in [4.69, 9.17) is 31.6 Å². The van der Waals surface area contributed by atoms with Crippen molar-refractivity contribution in [2.24, 2.45) is 20.5 Å². The minimum Gasteiger partial charge on any atom is -0.390 e. The first-order chi connectivity index (χ1) is 14.7. The van der Waals surface area contributed by atoms with Gasteiger partial charge in [-0.2, -0.15) is 0 Å². The van der Waals surface area contributed by atoms with Gasteiger partial charge in [0, 0.05) is 19.6 Å². The Morgan fingerprint density at radius 2 is 1.55 bits per heavy atom. The predicted octanol–water partition coefficient (Wildman–Crippen LogP) is 1.57. The van der Waals surface area contributed by atoms with Crippen LogP contribution < -0.4 is 0 Å². The highest BCUT2D eigenvalue weighted by atomic mass is 19.3. The smallest absolute Gasteiger partial charge is 0.299 e. The van der Waals surface area contributed by atoms with Gasteiger partial charge in [0.05, 0.1) is 30.8 Å². The van der Waals surface area contributed by atoms with Gasteiger partial charge < -0.3 is 24.8 Å². The number of halogens is 2. The van der Waals surface area contributed by atoms with Gasteiger partial charge in [-0.3, -0.25) is 0 Å². The molecule has 1 saturated carbocycles. The van der Waals surface area contributed by atoms with Gasteiger partial charge in [0.1, 0.15) is 24.4 Å². The van der Waals surface area contributed by atoms with E-state index in [2.05, 4.69) is 40.1 Å². The van der Waals surface area contributed by atoms with E-state index in [0.29, 0.717) is 0 Å². The molecule has 0 spiro atoms. The highest BCUT2D eigenvalue weighted by Crippen LogP contribution is 2.39. The highest BCUT2D eigenvalue weighted by molar-refractivity contribution is 5.04. The maximum Gasteiger partial charge on any atom is 0.299 e. The van der Waals surface area contributed by atoms with Crippen LogP contribution in [0.25, 0.3) is 41.8 Å². The fourth-order valence-electron chi connectivity index (χ4n) is 3.32. The van der Waals surface area contributed by atoms with Gasteiger partial charge in [0.15, 0.2) is 6.29 Å². The molecule has 1 aliphatic carbocycles. The summed E-state index contributed by atoms with van der Waals surface area (Å²) in [5.41, 5.74) is 34.4. The molecule has 2 rings (SSSR count). The Labute approximate surface area is 170 Å². The number of ether oxygens (including phenoxy) is 2. The zero-order valence-corrected chi connectivity index (χ0v) is 15.4. The molecular formula is C12H16F2N12O5. The van der Waals surface area contributed by atoms with Crippen molar-refractivity contribution in [2.45, 2.75) is 67.3 Å². The number of hydrogen-bond acceptors (Lipinski definition) is 9. The monoisotopic (exact) mass is 446 g/mol. The van der Waals surface area contributed by atoms with Crippen molar-refractivity contribution in [2.75, 3.05) is 6.54 Å². The van der Waals surface area contributed by atoms with Crippen LogP contribution in [0, 0.1) is 0 Å². The summed E-state index contributed by atoms with van der Waals surface area (Å²) in [6.07, 6.45) is -12.1. The number of alkyl halides is 2. The lowest BCUT2D eigenvalue weighted by atomic mass is 9.84. The lowest BCUT2D eigenvalue weighted by molar-refractivity contribution is -0.325. The number of azide groups is 4. The van der Waals surface area contributed by atoms with Gasteiger partial charge in [0.2, 0.25) is 0 Å². The molecule has 0 bridgehead atoms. The Bertz CT molecular complexity index is 849. The third-order valence-electron chi connectivity index (χ3n) is 4.85. The van der Waals surface area contributed by atoms with E-state index in [1.54, 1.807) is 0 Å². The molecule has 1 aliphatic heterocycles. The fourth-order valence-corrected chi connectivity index (χ4v) is 3.32. The van der Waals surface area contributed by atoms with Crippen LogP contribution in [0.2, 0.25) is 0 Å². The molecule has 0 unspecified atom stereocenters. The van der Waals surface area contributed by atoms with Gasteiger partial charge in [-0.25, -0.2) is 8.78 Å². The quantitative estimate of drug-likeness (QED) is 0.297. The van der Waals surface area contributed by atoms with E-state index in [0.717, 1.165) is 0 Å². The first kappa shape index (κ1) is 24.2. The van der Waals surface area contributed by atoms with E-state index in [1.807, 2.05) is 0 Å². The van der Waals surface area contributed by atoms with E-state index < -0.39 is 67.4 Å². The van der Waals surface area contributed by atoms with Crippen LogP contribution in [0.3, 0.4) is 0 Å². The number of hydrogen-bond donors (Lipinski definition) is 3. The second-order valence-electron chi connectivity index (χ2n) is 6.58. The van der Waals surface area contributed by atoms with Crippen LogP contribution in [0.1, 0.15) is 6.42 Å². The third kappa shape index (κ3) is 4.98. The van der Waals surface area contributed by atoms with Gasteiger partial charge in [0.25, 0.3) is 5.92 Å². The van der Waals surface area contributed by atoms with Crippen LogP contribution in [-0.4, -0.2) is 82.7 Å². The van der Waals surface area contributed by atoms with E-state index in [1.165, 1.54) is 0 Å². The molecule has 0 radical (unpaired) electrons. The topological polar surface area (TPSA) is 274 Å². The number of rotatable bonds is 7. The molecular weight excluding hydrogens is 430 g/mol. The van der Waals surface area contributed by atoms with Crippen molar-refractivity contribution >= 4 is 0 Å². The Hall–Kier alpha value is -3.10. The minimum atomic E-state index is -4.01. The summed E-state index contributed by atoms with van der Waals surface area (Å²) in [7, 11) is 0. The molecule has 0 aromatic heterocycles. The van der Waals surface area contributed by atoms with E-state index in [-0.39, 0.29) is 6.42 Å². The Morgan fingerprint density at radius 1 is 0.935 bits per heavy atom. The standard InChI is InChI=1S/C12H16F2N12O5/c13-12(14)5(2-19-23-15)30-11(6(10(12)29)22-26-18)31-9-4(21-25-17)1-3(20-24-16)7(27)8(9)28/h3-11,27-29H,1-2H2/t3-,4+,5-,6-,7+,8-,9-,10-,11-/m1/s1. The lowest BCUT2D eigenvalue weighted by Crippen LogP contribution is -2.64. The summed E-state index contributed by atoms with van der Waals surface area (Å²) < 4.78 is 39.2. The zero-order chi connectivity index (χ0) is 23.2. The lowest BCUT2D eigenvalue weighted by Gasteiger charge is -2.46. The van der Waals surface area contributed by atoms with Crippen molar-refractivity contribution in [1.29, 1.82) is 0 Å². The maximum atomic E-state index is 14.4. The third-order valence-corrected chi connectivity index (χ3v) is 4.85. The molecule has 19 heteroatoms. The molecule has 2 aliphatic rings.